The van der Waals surface area contributed by atoms with Gasteiger partial charge < -0.3 is 10.0 Å². The molecule has 3 rings (SSSR count). The van der Waals surface area contributed by atoms with Crippen molar-refractivity contribution in [1.82, 2.24) is 4.90 Å². The zero-order valence-electron chi connectivity index (χ0n) is 12.1. The molecule has 1 aliphatic heterocycles. The molecule has 0 unspecified atom stereocenters. The van der Waals surface area contributed by atoms with Gasteiger partial charge in [0.1, 0.15) is 5.60 Å². The van der Waals surface area contributed by atoms with Gasteiger partial charge in [0.05, 0.1) is 6.04 Å². The molecule has 0 saturated carbocycles. The van der Waals surface area contributed by atoms with E-state index in [0.717, 1.165) is 11.1 Å². The maximum absolute atomic E-state index is 12.1. The highest BCUT2D eigenvalue weighted by Crippen LogP contribution is 2.45. The second kappa shape index (κ2) is 5.34. The lowest BCUT2D eigenvalue weighted by Crippen LogP contribution is -2.49. The fourth-order valence-corrected chi connectivity index (χ4v) is 3.24. The number of piperidine rings is 1. The highest BCUT2D eigenvalue weighted by atomic mass is 16.3. The van der Waals surface area contributed by atoms with Crippen molar-refractivity contribution in [2.75, 3.05) is 7.05 Å². The number of amides is 1. The summed E-state index contributed by atoms with van der Waals surface area (Å²) in [7, 11) is 1.77. The van der Waals surface area contributed by atoms with Crippen molar-refractivity contribution in [3.63, 3.8) is 0 Å². The second-order valence-electron chi connectivity index (χ2n) is 5.61. The molecule has 0 aliphatic carbocycles. The van der Waals surface area contributed by atoms with E-state index < -0.39 is 5.60 Å². The average Bonchev–Trinajstić information content (AvgIpc) is 2.53. The van der Waals surface area contributed by atoms with E-state index in [1.54, 1.807) is 11.9 Å². The first kappa shape index (κ1) is 13.8. The largest absolute Gasteiger partial charge is 0.383 e. The number of likely N-dealkylation sites (N-methyl/N-ethyl adjacent to an activating group) is 1. The van der Waals surface area contributed by atoms with E-state index in [1.165, 1.54) is 0 Å². The lowest BCUT2D eigenvalue weighted by Gasteiger charge is -2.46. The van der Waals surface area contributed by atoms with Crippen LogP contribution < -0.4 is 0 Å². The molecular weight excluding hydrogens is 262 g/mol. The molecule has 3 nitrogen and oxygen atoms in total. The Morgan fingerprint density at radius 2 is 1.62 bits per heavy atom. The van der Waals surface area contributed by atoms with E-state index in [1.807, 2.05) is 60.7 Å². The molecule has 108 valence electrons. The number of likely N-dealkylation sites (tertiary alicyclic amines) is 1. The van der Waals surface area contributed by atoms with Crippen molar-refractivity contribution in [2.24, 2.45) is 0 Å². The Labute approximate surface area is 124 Å². The summed E-state index contributed by atoms with van der Waals surface area (Å²) in [4.78, 5) is 13.8. The van der Waals surface area contributed by atoms with Gasteiger partial charge in [0.2, 0.25) is 5.91 Å². The first-order valence-electron chi connectivity index (χ1n) is 7.21. The Balaban J connectivity index is 2.11. The summed E-state index contributed by atoms with van der Waals surface area (Å²) in [5.41, 5.74) is 0.767. The number of hydrogen-bond acceptors (Lipinski definition) is 2. The molecule has 1 N–H and O–H groups in total. The van der Waals surface area contributed by atoms with Gasteiger partial charge in [-0.05, 0) is 17.5 Å². The Morgan fingerprint density at radius 3 is 2.24 bits per heavy atom. The number of aliphatic hydroxyl groups is 1. The summed E-state index contributed by atoms with van der Waals surface area (Å²) in [6.45, 7) is 0. The maximum Gasteiger partial charge on any atom is 0.223 e. The summed E-state index contributed by atoms with van der Waals surface area (Å²) < 4.78 is 0. The van der Waals surface area contributed by atoms with E-state index >= 15 is 0 Å². The predicted molar refractivity (Wildman–Crippen MR) is 81.5 cm³/mol. The minimum Gasteiger partial charge on any atom is -0.383 e. The number of carbonyl (C=O) groups excluding carboxylic acids is 1. The average molecular weight is 281 g/mol. The normalized spacial score (nSPS) is 25.9. The van der Waals surface area contributed by atoms with E-state index in [-0.39, 0.29) is 11.9 Å². The first-order valence-corrected chi connectivity index (χ1v) is 7.21. The van der Waals surface area contributed by atoms with Crippen LogP contribution in [-0.4, -0.2) is 23.0 Å². The summed E-state index contributed by atoms with van der Waals surface area (Å²) in [5.74, 6) is 0.0736. The summed E-state index contributed by atoms with van der Waals surface area (Å²) >= 11 is 0. The minimum absolute atomic E-state index is 0.0736. The van der Waals surface area contributed by atoms with Crippen LogP contribution in [0.1, 0.15) is 30.0 Å². The van der Waals surface area contributed by atoms with Crippen LogP contribution in [0.4, 0.5) is 0 Å². The Bertz CT molecular complexity index is 626. The highest BCUT2D eigenvalue weighted by molar-refractivity contribution is 5.78. The predicted octanol–water partition coefficient (Wildman–Crippen LogP) is 2.87. The SMILES string of the molecule is CN1C(=O)CC[C@@](O)(c2ccccc2)[C@H]1c1ccccc1. The van der Waals surface area contributed by atoms with Crippen molar-refractivity contribution in [1.29, 1.82) is 0 Å². The van der Waals surface area contributed by atoms with E-state index in [0.29, 0.717) is 12.8 Å². The van der Waals surface area contributed by atoms with Crippen LogP contribution in [0.25, 0.3) is 0 Å². The quantitative estimate of drug-likeness (QED) is 0.919. The second-order valence-corrected chi connectivity index (χ2v) is 5.61. The van der Waals surface area contributed by atoms with Crippen LogP contribution in [0.2, 0.25) is 0 Å². The lowest BCUT2D eigenvalue weighted by atomic mass is 9.76. The molecule has 1 aliphatic rings. The number of hydrogen-bond donors (Lipinski definition) is 1. The van der Waals surface area contributed by atoms with Gasteiger partial charge in [-0.25, -0.2) is 0 Å². The molecule has 0 aromatic heterocycles. The van der Waals surface area contributed by atoms with Crippen LogP contribution in [0.3, 0.4) is 0 Å². The van der Waals surface area contributed by atoms with Crippen LogP contribution in [0, 0.1) is 0 Å². The molecule has 1 heterocycles. The fourth-order valence-electron chi connectivity index (χ4n) is 3.24. The van der Waals surface area contributed by atoms with Gasteiger partial charge >= 0.3 is 0 Å². The molecule has 1 fully saturated rings. The molecule has 1 saturated heterocycles. The number of benzene rings is 2. The van der Waals surface area contributed by atoms with Crippen LogP contribution in [0.15, 0.2) is 60.7 Å². The van der Waals surface area contributed by atoms with E-state index in [4.69, 9.17) is 0 Å². The van der Waals surface area contributed by atoms with Gasteiger partial charge in [0.25, 0.3) is 0 Å². The molecule has 2 aromatic carbocycles. The first-order chi connectivity index (χ1) is 10.1. The van der Waals surface area contributed by atoms with Gasteiger partial charge in [-0.1, -0.05) is 60.7 Å². The third-order valence-corrected chi connectivity index (χ3v) is 4.34. The third-order valence-electron chi connectivity index (χ3n) is 4.34. The monoisotopic (exact) mass is 281 g/mol. The van der Waals surface area contributed by atoms with Gasteiger partial charge in [0.15, 0.2) is 0 Å². The molecule has 1 amide bonds. The number of carbonyl (C=O) groups is 1. The minimum atomic E-state index is -1.05. The van der Waals surface area contributed by atoms with Crippen molar-refractivity contribution in [3.8, 4) is 0 Å². The Kier molecular flexibility index (Phi) is 3.52. The topological polar surface area (TPSA) is 40.5 Å². The molecule has 3 heteroatoms. The standard InChI is InChI=1S/C18H19NO2/c1-19-16(20)12-13-18(21,15-10-6-3-7-11-15)17(19)14-8-4-2-5-9-14/h2-11,17,21H,12-13H2,1H3/t17-,18-/m1/s1. The zero-order valence-corrected chi connectivity index (χ0v) is 12.1. The van der Waals surface area contributed by atoms with Crippen LogP contribution >= 0.6 is 0 Å². The van der Waals surface area contributed by atoms with Gasteiger partial charge in [-0.15, -0.1) is 0 Å². The van der Waals surface area contributed by atoms with Crippen molar-refractivity contribution in [2.45, 2.75) is 24.5 Å². The fraction of sp³-hybridized carbons (Fsp3) is 0.278. The van der Waals surface area contributed by atoms with Crippen LogP contribution in [0.5, 0.6) is 0 Å². The molecule has 21 heavy (non-hydrogen) atoms. The summed E-state index contributed by atoms with van der Waals surface area (Å²) in [6, 6.07) is 19.0. The highest BCUT2D eigenvalue weighted by Gasteiger charge is 2.46. The van der Waals surface area contributed by atoms with Gasteiger partial charge in [0, 0.05) is 13.5 Å². The Hall–Kier alpha value is -2.13. The maximum atomic E-state index is 12.1. The zero-order chi connectivity index (χ0) is 14.9. The molecule has 2 atom stereocenters. The number of rotatable bonds is 2. The summed E-state index contributed by atoms with van der Waals surface area (Å²) in [5, 5.41) is 11.4. The molecule has 2 aromatic rings. The van der Waals surface area contributed by atoms with Crippen molar-refractivity contribution >= 4 is 5.91 Å². The van der Waals surface area contributed by atoms with Crippen molar-refractivity contribution < 1.29 is 9.90 Å². The number of nitrogens with zero attached hydrogens (tertiary/aromatic N) is 1. The molecular formula is C18H19NO2. The Morgan fingerprint density at radius 1 is 1.05 bits per heavy atom. The summed E-state index contributed by atoms with van der Waals surface area (Å²) in [6.07, 6.45) is 0.810. The molecule has 0 radical (unpaired) electrons. The van der Waals surface area contributed by atoms with Crippen LogP contribution in [-0.2, 0) is 10.4 Å². The third kappa shape index (κ3) is 2.34. The van der Waals surface area contributed by atoms with E-state index in [2.05, 4.69) is 0 Å². The van der Waals surface area contributed by atoms with Crippen molar-refractivity contribution in [3.05, 3.63) is 71.8 Å². The molecule has 0 bridgehead atoms. The molecule has 0 spiro atoms. The van der Waals surface area contributed by atoms with Gasteiger partial charge in [-0.2, -0.15) is 0 Å². The lowest BCUT2D eigenvalue weighted by molar-refractivity contribution is -0.151. The van der Waals surface area contributed by atoms with Gasteiger partial charge in [-0.3, -0.25) is 4.79 Å². The smallest absolute Gasteiger partial charge is 0.223 e. The van der Waals surface area contributed by atoms with E-state index in [9.17, 15) is 9.90 Å².